The van der Waals surface area contributed by atoms with Crippen molar-refractivity contribution in [3.8, 4) is 11.5 Å². The molecule has 3 aromatic rings. The number of halogens is 1. The topological polar surface area (TPSA) is 103 Å². The highest BCUT2D eigenvalue weighted by atomic mass is 19.1. The van der Waals surface area contributed by atoms with E-state index in [1.165, 1.54) is 12.1 Å². The SMILES string of the molecule is CCOc1cc([C@@H]2[C@H](C)N[C@]3(C(=O)Nc4ccccc43)[C@H]2[N+](=O)[O-])ccc1OCc1ccc(F)cc1. The maximum atomic E-state index is 13.2. The summed E-state index contributed by atoms with van der Waals surface area (Å²) in [5, 5.41) is 18.6. The monoisotopic (exact) mass is 491 g/mol. The van der Waals surface area contributed by atoms with Crippen molar-refractivity contribution in [2.75, 3.05) is 11.9 Å². The Kier molecular flexibility index (Phi) is 6.09. The lowest BCUT2D eigenvalue weighted by Crippen LogP contribution is -2.54. The summed E-state index contributed by atoms with van der Waals surface area (Å²) in [6.45, 7) is 4.26. The molecule has 0 bridgehead atoms. The van der Waals surface area contributed by atoms with Crippen molar-refractivity contribution in [1.82, 2.24) is 5.32 Å². The Morgan fingerprint density at radius 2 is 1.81 bits per heavy atom. The molecule has 4 atom stereocenters. The van der Waals surface area contributed by atoms with Gasteiger partial charge in [0.25, 0.3) is 11.9 Å². The lowest BCUT2D eigenvalue weighted by Gasteiger charge is -2.25. The molecule has 0 unspecified atom stereocenters. The van der Waals surface area contributed by atoms with Crippen LogP contribution in [0, 0.1) is 15.9 Å². The van der Waals surface area contributed by atoms with Gasteiger partial charge in [-0.1, -0.05) is 36.4 Å². The number of nitrogens with one attached hydrogen (secondary N) is 2. The van der Waals surface area contributed by atoms with E-state index in [-0.39, 0.29) is 23.4 Å². The number of hydrogen-bond acceptors (Lipinski definition) is 6. The van der Waals surface area contributed by atoms with E-state index in [0.29, 0.717) is 34.9 Å². The van der Waals surface area contributed by atoms with Gasteiger partial charge < -0.3 is 14.8 Å². The number of carbonyl (C=O) groups excluding carboxylic acids is 1. The largest absolute Gasteiger partial charge is 0.490 e. The molecule has 1 saturated heterocycles. The third-order valence-electron chi connectivity index (χ3n) is 6.92. The van der Waals surface area contributed by atoms with Crippen molar-refractivity contribution in [2.24, 2.45) is 0 Å². The maximum absolute atomic E-state index is 13.2. The van der Waals surface area contributed by atoms with Crippen molar-refractivity contribution in [2.45, 2.75) is 44.0 Å². The molecule has 2 N–H and O–H groups in total. The minimum Gasteiger partial charge on any atom is -0.490 e. The van der Waals surface area contributed by atoms with Crippen LogP contribution >= 0.6 is 0 Å². The van der Waals surface area contributed by atoms with Gasteiger partial charge in [-0.15, -0.1) is 0 Å². The number of fused-ring (bicyclic) bond motifs is 2. The second kappa shape index (κ2) is 9.23. The molecule has 3 aromatic carbocycles. The predicted octanol–water partition coefficient (Wildman–Crippen LogP) is 4.37. The average molecular weight is 492 g/mol. The van der Waals surface area contributed by atoms with Crippen LogP contribution in [-0.4, -0.2) is 29.5 Å². The van der Waals surface area contributed by atoms with Crippen molar-refractivity contribution in [3.63, 3.8) is 0 Å². The van der Waals surface area contributed by atoms with E-state index in [2.05, 4.69) is 10.6 Å². The number of ether oxygens (including phenoxy) is 2. The van der Waals surface area contributed by atoms with Crippen LogP contribution in [0.15, 0.2) is 66.7 Å². The molecule has 1 fully saturated rings. The number of hydrogen-bond donors (Lipinski definition) is 2. The molecule has 0 aliphatic carbocycles. The van der Waals surface area contributed by atoms with Crippen LogP contribution in [0.4, 0.5) is 10.1 Å². The van der Waals surface area contributed by atoms with Crippen molar-refractivity contribution in [3.05, 3.63) is 99.4 Å². The van der Waals surface area contributed by atoms with Crippen LogP contribution < -0.4 is 20.1 Å². The highest BCUT2D eigenvalue weighted by molar-refractivity contribution is 6.07. The molecule has 1 amide bonds. The minimum absolute atomic E-state index is 0.207. The highest BCUT2D eigenvalue weighted by Crippen LogP contribution is 2.50. The molecule has 2 aliphatic rings. The first-order chi connectivity index (χ1) is 17.3. The number of anilines is 1. The van der Waals surface area contributed by atoms with E-state index in [1.807, 2.05) is 13.8 Å². The van der Waals surface area contributed by atoms with Gasteiger partial charge in [0.2, 0.25) is 0 Å². The Hall–Kier alpha value is -3.98. The summed E-state index contributed by atoms with van der Waals surface area (Å²) < 4.78 is 24.9. The smallest absolute Gasteiger partial charge is 0.256 e. The fourth-order valence-electron chi connectivity index (χ4n) is 5.41. The third kappa shape index (κ3) is 3.85. The Morgan fingerprint density at radius 3 is 2.53 bits per heavy atom. The van der Waals surface area contributed by atoms with Gasteiger partial charge in [0.15, 0.2) is 17.0 Å². The molecule has 1 spiro atoms. The molecule has 0 radical (unpaired) electrons. The van der Waals surface area contributed by atoms with Gasteiger partial charge in [-0.05, 0) is 55.3 Å². The maximum Gasteiger partial charge on any atom is 0.256 e. The summed E-state index contributed by atoms with van der Waals surface area (Å²) in [5.74, 6) is -0.441. The summed E-state index contributed by atoms with van der Waals surface area (Å²) in [5.41, 5.74) is 1.14. The zero-order chi connectivity index (χ0) is 25.4. The molecule has 186 valence electrons. The highest BCUT2D eigenvalue weighted by Gasteiger charge is 2.67. The van der Waals surface area contributed by atoms with E-state index in [9.17, 15) is 19.3 Å². The second-order valence-electron chi connectivity index (χ2n) is 9.05. The van der Waals surface area contributed by atoms with E-state index in [1.54, 1.807) is 54.6 Å². The molecule has 5 rings (SSSR count). The summed E-state index contributed by atoms with van der Waals surface area (Å²) in [6.07, 6.45) is 0. The average Bonchev–Trinajstić information content (AvgIpc) is 3.33. The number of rotatable bonds is 7. The first kappa shape index (κ1) is 23.7. The molecular weight excluding hydrogens is 465 g/mol. The molecule has 0 saturated carbocycles. The van der Waals surface area contributed by atoms with Gasteiger partial charge in [-0.25, -0.2) is 4.39 Å². The zero-order valence-electron chi connectivity index (χ0n) is 19.9. The summed E-state index contributed by atoms with van der Waals surface area (Å²) >= 11 is 0. The van der Waals surface area contributed by atoms with Crippen molar-refractivity contribution < 1.29 is 23.6 Å². The number of amides is 1. The standard InChI is InChI=1S/C27H26FN3O5/c1-3-35-23-14-18(10-13-22(23)36-15-17-8-11-19(28)12-9-17)24-16(2)30-27(25(24)31(33)34)20-6-4-5-7-21(20)29-26(27)32/h4-14,16,24-25,30H,3,15H2,1-2H3,(H,29,32)/t16-,24-,25-,27-/m0/s1. The molecule has 0 aromatic heterocycles. The quantitative estimate of drug-likeness (QED) is 0.376. The van der Waals surface area contributed by atoms with E-state index >= 15 is 0 Å². The van der Waals surface area contributed by atoms with Gasteiger partial charge in [-0.2, -0.15) is 0 Å². The van der Waals surface area contributed by atoms with Gasteiger partial charge in [0.05, 0.1) is 12.5 Å². The number of para-hydroxylation sites is 1. The van der Waals surface area contributed by atoms with E-state index in [0.717, 1.165) is 5.56 Å². The summed E-state index contributed by atoms with van der Waals surface area (Å²) in [6, 6.07) is 16.7. The lowest BCUT2D eigenvalue weighted by atomic mass is 9.78. The molecule has 9 heteroatoms. The van der Waals surface area contributed by atoms with Crippen LogP contribution in [0.3, 0.4) is 0 Å². The molecule has 36 heavy (non-hydrogen) atoms. The summed E-state index contributed by atoms with van der Waals surface area (Å²) in [7, 11) is 0. The van der Waals surface area contributed by atoms with Crippen LogP contribution in [0.5, 0.6) is 11.5 Å². The normalized spacial score (nSPS) is 24.4. The van der Waals surface area contributed by atoms with Gasteiger partial charge in [-0.3, -0.25) is 20.2 Å². The Bertz CT molecular complexity index is 1320. The Labute approximate surface area is 207 Å². The number of benzene rings is 3. The number of carbonyl (C=O) groups is 1. The second-order valence-corrected chi connectivity index (χ2v) is 9.05. The summed E-state index contributed by atoms with van der Waals surface area (Å²) in [4.78, 5) is 25.4. The fraction of sp³-hybridized carbons (Fsp3) is 0.296. The lowest BCUT2D eigenvalue weighted by molar-refractivity contribution is -0.532. The molecule has 2 aliphatic heterocycles. The predicted molar refractivity (Wildman–Crippen MR) is 131 cm³/mol. The minimum atomic E-state index is -1.48. The Balaban J connectivity index is 1.50. The van der Waals surface area contributed by atoms with Gasteiger partial charge in [0, 0.05) is 22.2 Å². The van der Waals surface area contributed by atoms with E-state index in [4.69, 9.17) is 9.47 Å². The van der Waals surface area contributed by atoms with Crippen LogP contribution in [0.1, 0.15) is 36.5 Å². The number of nitro groups is 1. The Morgan fingerprint density at radius 1 is 1.06 bits per heavy atom. The van der Waals surface area contributed by atoms with Gasteiger partial charge >= 0.3 is 0 Å². The van der Waals surface area contributed by atoms with Crippen molar-refractivity contribution in [1.29, 1.82) is 0 Å². The molecule has 2 heterocycles. The molecular formula is C27H26FN3O5. The third-order valence-corrected chi connectivity index (χ3v) is 6.92. The zero-order valence-corrected chi connectivity index (χ0v) is 19.9. The van der Waals surface area contributed by atoms with E-state index < -0.39 is 23.4 Å². The first-order valence-corrected chi connectivity index (χ1v) is 11.8. The van der Waals surface area contributed by atoms with Crippen LogP contribution in [0.2, 0.25) is 0 Å². The van der Waals surface area contributed by atoms with Crippen LogP contribution in [0.25, 0.3) is 0 Å². The van der Waals surface area contributed by atoms with Gasteiger partial charge in [0.1, 0.15) is 12.4 Å². The van der Waals surface area contributed by atoms with Crippen molar-refractivity contribution >= 4 is 11.6 Å². The number of nitrogens with zero attached hydrogens (tertiary/aromatic N) is 1. The fourth-order valence-corrected chi connectivity index (χ4v) is 5.41. The van der Waals surface area contributed by atoms with Crippen LogP contribution in [-0.2, 0) is 16.9 Å². The first-order valence-electron chi connectivity index (χ1n) is 11.8. The molecule has 8 nitrogen and oxygen atoms in total.